The van der Waals surface area contributed by atoms with Gasteiger partial charge < -0.3 is 5.73 Å². The summed E-state index contributed by atoms with van der Waals surface area (Å²) in [5.41, 5.74) is 7.17. The predicted molar refractivity (Wildman–Crippen MR) is 81.2 cm³/mol. The Bertz CT molecular complexity index is 338. The van der Waals surface area contributed by atoms with Crippen molar-refractivity contribution in [3.8, 4) is 0 Å². The smallest absolute Gasteiger partial charge is 0.0441 e. The van der Waals surface area contributed by atoms with Crippen LogP contribution in [0.4, 0.5) is 0 Å². The second-order valence-electron chi connectivity index (χ2n) is 5.11. The van der Waals surface area contributed by atoms with Gasteiger partial charge in [-0.3, -0.25) is 0 Å². The molecule has 0 saturated carbocycles. The summed E-state index contributed by atoms with van der Waals surface area (Å²) in [5.74, 6) is 1.18. The second kappa shape index (κ2) is 8.55. The summed E-state index contributed by atoms with van der Waals surface area (Å²) < 4.78 is 0. The molecule has 0 aliphatic carbocycles. The Hall–Kier alpha value is -0.530. The van der Waals surface area contributed by atoms with Crippen molar-refractivity contribution in [2.24, 2.45) is 11.7 Å². The Labute approximate surface area is 117 Å². The van der Waals surface area contributed by atoms with Crippen LogP contribution in [0.15, 0.2) is 24.3 Å². The zero-order chi connectivity index (χ0) is 13.4. The lowest BCUT2D eigenvalue weighted by Crippen LogP contribution is -2.17. The van der Waals surface area contributed by atoms with Gasteiger partial charge in [-0.2, -0.15) is 0 Å². The highest BCUT2D eigenvalue weighted by Gasteiger charge is 2.17. The molecule has 2 unspecified atom stereocenters. The molecule has 2 heteroatoms. The average molecular weight is 268 g/mol. The molecule has 0 aliphatic rings. The Balaban J connectivity index is 2.68. The van der Waals surface area contributed by atoms with Crippen molar-refractivity contribution < 1.29 is 0 Å². The van der Waals surface area contributed by atoms with E-state index in [0.717, 1.165) is 17.4 Å². The van der Waals surface area contributed by atoms with Gasteiger partial charge in [0.25, 0.3) is 0 Å². The van der Waals surface area contributed by atoms with Crippen LogP contribution in [0.25, 0.3) is 0 Å². The highest BCUT2D eigenvalue weighted by atomic mass is 35.5. The van der Waals surface area contributed by atoms with E-state index in [1.54, 1.807) is 0 Å². The highest BCUT2D eigenvalue weighted by molar-refractivity contribution is 6.31. The van der Waals surface area contributed by atoms with Crippen LogP contribution in [0.2, 0.25) is 5.02 Å². The zero-order valence-corrected chi connectivity index (χ0v) is 12.4. The van der Waals surface area contributed by atoms with Crippen molar-refractivity contribution in [2.45, 2.75) is 51.9 Å². The molecule has 0 fully saturated rings. The predicted octanol–water partition coefficient (Wildman–Crippen LogP) is 4.99. The van der Waals surface area contributed by atoms with Crippen LogP contribution >= 0.6 is 11.6 Å². The van der Waals surface area contributed by atoms with Gasteiger partial charge in [-0.15, -0.1) is 0 Å². The van der Waals surface area contributed by atoms with E-state index in [-0.39, 0.29) is 0 Å². The van der Waals surface area contributed by atoms with Gasteiger partial charge in [-0.1, -0.05) is 69.3 Å². The molecule has 1 nitrogen and oxygen atoms in total. The summed E-state index contributed by atoms with van der Waals surface area (Å²) >= 11 is 6.27. The van der Waals surface area contributed by atoms with Gasteiger partial charge in [0.2, 0.25) is 0 Å². The summed E-state index contributed by atoms with van der Waals surface area (Å²) in [6, 6.07) is 8.11. The minimum atomic E-state index is 0.403. The molecular formula is C16H26ClN. The topological polar surface area (TPSA) is 26.0 Å². The summed E-state index contributed by atoms with van der Waals surface area (Å²) in [4.78, 5) is 0. The molecule has 0 bridgehead atoms. The van der Waals surface area contributed by atoms with Crippen LogP contribution < -0.4 is 5.73 Å². The first kappa shape index (κ1) is 15.5. The van der Waals surface area contributed by atoms with E-state index < -0.39 is 0 Å². The van der Waals surface area contributed by atoms with Crippen molar-refractivity contribution in [1.29, 1.82) is 0 Å². The van der Waals surface area contributed by atoms with Crippen LogP contribution in [-0.2, 0) is 0 Å². The molecule has 102 valence electrons. The van der Waals surface area contributed by atoms with Gasteiger partial charge in [0, 0.05) is 5.02 Å². The summed E-state index contributed by atoms with van der Waals surface area (Å²) in [7, 11) is 0. The molecule has 18 heavy (non-hydrogen) atoms. The van der Waals surface area contributed by atoms with Gasteiger partial charge in [-0.05, 0) is 36.4 Å². The molecular weight excluding hydrogens is 242 g/mol. The van der Waals surface area contributed by atoms with Crippen LogP contribution in [0.3, 0.4) is 0 Å². The fourth-order valence-corrected chi connectivity index (χ4v) is 2.83. The van der Waals surface area contributed by atoms with E-state index in [1.807, 2.05) is 12.1 Å². The van der Waals surface area contributed by atoms with Crippen LogP contribution in [0, 0.1) is 5.92 Å². The first-order valence-electron chi connectivity index (χ1n) is 7.17. The highest BCUT2D eigenvalue weighted by Crippen LogP contribution is 2.31. The molecule has 0 amide bonds. The summed E-state index contributed by atoms with van der Waals surface area (Å²) in [5, 5.41) is 0.860. The fraction of sp³-hybridized carbons (Fsp3) is 0.625. The lowest BCUT2D eigenvalue weighted by molar-refractivity contribution is 0.387. The van der Waals surface area contributed by atoms with Gasteiger partial charge in [0.15, 0.2) is 0 Å². The number of hydrogen-bond acceptors (Lipinski definition) is 1. The van der Waals surface area contributed by atoms with Crippen LogP contribution in [-0.4, -0.2) is 6.54 Å². The molecule has 0 radical (unpaired) electrons. The van der Waals surface area contributed by atoms with Crippen molar-refractivity contribution >= 4 is 11.6 Å². The molecule has 0 spiro atoms. The van der Waals surface area contributed by atoms with Crippen LogP contribution in [0.5, 0.6) is 0 Å². The van der Waals surface area contributed by atoms with Crippen molar-refractivity contribution in [1.82, 2.24) is 0 Å². The Morgan fingerprint density at radius 3 is 2.50 bits per heavy atom. The first-order chi connectivity index (χ1) is 8.72. The van der Waals surface area contributed by atoms with Gasteiger partial charge in [0.05, 0.1) is 0 Å². The maximum atomic E-state index is 6.27. The van der Waals surface area contributed by atoms with Crippen molar-refractivity contribution in [3.05, 3.63) is 34.9 Å². The van der Waals surface area contributed by atoms with E-state index in [2.05, 4.69) is 26.0 Å². The molecule has 0 saturated heterocycles. The van der Waals surface area contributed by atoms with Crippen molar-refractivity contribution in [3.63, 3.8) is 0 Å². The minimum Gasteiger partial charge on any atom is -0.330 e. The largest absolute Gasteiger partial charge is 0.330 e. The van der Waals surface area contributed by atoms with E-state index >= 15 is 0 Å². The third kappa shape index (κ3) is 4.62. The van der Waals surface area contributed by atoms with Gasteiger partial charge >= 0.3 is 0 Å². The molecule has 1 aromatic rings. The number of unbranched alkanes of at least 4 members (excludes halogenated alkanes) is 1. The van der Waals surface area contributed by atoms with E-state index in [9.17, 15) is 0 Å². The van der Waals surface area contributed by atoms with E-state index in [0.29, 0.717) is 12.5 Å². The Kier molecular flexibility index (Phi) is 7.38. The van der Waals surface area contributed by atoms with Gasteiger partial charge in [-0.25, -0.2) is 0 Å². The lowest BCUT2D eigenvalue weighted by Gasteiger charge is -2.22. The number of benzene rings is 1. The van der Waals surface area contributed by atoms with Crippen LogP contribution in [0.1, 0.15) is 57.4 Å². The summed E-state index contributed by atoms with van der Waals surface area (Å²) in [6.45, 7) is 5.22. The minimum absolute atomic E-state index is 0.403. The summed E-state index contributed by atoms with van der Waals surface area (Å²) in [6.07, 6.45) is 6.31. The monoisotopic (exact) mass is 267 g/mol. The third-order valence-electron chi connectivity index (χ3n) is 3.79. The maximum Gasteiger partial charge on any atom is 0.0441 e. The number of rotatable bonds is 8. The average Bonchev–Trinajstić information content (AvgIpc) is 2.40. The lowest BCUT2D eigenvalue weighted by atomic mass is 9.85. The Morgan fingerprint density at radius 2 is 1.94 bits per heavy atom. The Morgan fingerprint density at radius 1 is 1.22 bits per heavy atom. The third-order valence-corrected chi connectivity index (χ3v) is 4.13. The number of halogens is 1. The molecule has 0 aliphatic heterocycles. The molecule has 2 N–H and O–H groups in total. The zero-order valence-electron chi connectivity index (χ0n) is 11.7. The quantitative estimate of drug-likeness (QED) is 0.706. The first-order valence-corrected chi connectivity index (χ1v) is 7.55. The normalized spacial score (nSPS) is 14.4. The molecule has 2 atom stereocenters. The number of nitrogens with two attached hydrogens (primary N) is 1. The molecule has 0 aromatic heterocycles. The van der Waals surface area contributed by atoms with Crippen molar-refractivity contribution in [2.75, 3.05) is 6.54 Å². The van der Waals surface area contributed by atoms with E-state index in [1.165, 1.54) is 31.2 Å². The number of hydrogen-bond donors (Lipinski definition) is 1. The van der Waals surface area contributed by atoms with Gasteiger partial charge in [0.1, 0.15) is 0 Å². The SMILES string of the molecule is CCCCC(CC)CC(CN)c1ccccc1Cl. The standard InChI is InChI=1S/C16H26ClN/c1-3-5-8-13(4-2)11-14(12-18)15-9-6-7-10-16(15)17/h6-7,9-10,13-14H,3-5,8,11-12,18H2,1-2H3. The maximum absolute atomic E-state index is 6.27. The molecule has 1 rings (SSSR count). The molecule has 1 aromatic carbocycles. The van der Waals surface area contributed by atoms with E-state index in [4.69, 9.17) is 17.3 Å². The second-order valence-corrected chi connectivity index (χ2v) is 5.51. The molecule has 0 heterocycles. The fourth-order valence-electron chi connectivity index (χ4n) is 2.54.